The van der Waals surface area contributed by atoms with Crippen molar-refractivity contribution in [2.24, 2.45) is 5.92 Å². The molecule has 0 radical (unpaired) electrons. The van der Waals surface area contributed by atoms with Gasteiger partial charge in [-0.25, -0.2) is 4.98 Å². The molecule has 1 aliphatic heterocycles. The van der Waals surface area contributed by atoms with Crippen molar-refractivity contribution in [2.75, 3.05) is 11.9 Å². The Labute approximate surface area is 171 Å². The van der Waals surface area contributed by atoms with Gasteiger partial charge in [0, 0.05) is 23.8 Å². The van der Waals surface area contributed by atoms with Crippen LogP contribution in [0.15, 0.2) is 65.2 Å². The Hall–Kier alpha value is -2.92. The van der Waals surface area contributed by atoms with E-state index in [2.05, 4.69) is 24.1 Å². The average molecular weight is 390 g/mol. The second-order valence-electron chi connectivity index (χ2n) is 7.74. The van der Waals surface area contributed by atoms with Gasteiger partial charge in [0.1, 0.15) is 5.76 Å². The number of ether oxygens (including phenoxy) is 1. The van der Waals surface area contributed by atoms with Crippen molar-refractivity contribution in [1.29, 1.82) is 0 Å². The zero-order chi connectivity index (χ0) is 20.2. The summed E-state index contributed by atoms with van der Waals surface area (Å²) in [5, 5.41) is 3.04. The lowest BCUT2D eigenvalue weighted by atomic mass is 9.88. The van der Waals surface area contributed by atoms with E-state index >= 15 is 0 Å². The maximum atomic E-state index is 13.0. The Morgan fingerprint density at radius 3 is 2.55 bits per heavy atom. The van der Waals surface area contributed by atoms with Crippen molar-refractivity contribution in [3.8, 4) is 11.5 Å². The molecule has 2 unspecified atom stereocenters. The number of hydrogen-bond acceptors (Lipinski definition) is 4. The van der Waals surface area contributed by atoms with E-state index in [0.717, 1.165) is 35.4 Å². The molecule has 0 aliphatic carbocycles. The highest BCUT2D eigenvalue weighted by atomic mass is 16.5. The molecule has 1 fully saturated rings. The molecule has 150 valence electrons. The van der Waals surface area contributed by atoms with Crippen LogP contribution in [-0.4, -0.2) is 17.5 Å². The Balaban J connectivity index is 1.46. The van der Waals surface area contributed by atoms with Crippen molar-refractivity contribution in [3.63, 3.8) is 0 Å². The molecule has 1 amide bonds. The Kier molecular flexibility index (Phi) is 5.76. The second kappa shape index (κ2) is 8.62. The first-order chi connectivity index (χ1) is 14.1. The molecule has 29 heavy (non-hydrogen) atoms. The molecule has 5 nitrogen and oxygen atoms in total. The number of nitrogens with zero attached hydrogens (tertiary/aromatic N) is 1. The van der Waals surface area contributed by atoms with Crippen molar-refractivity contribution in [1.82, 2.24) is 4.98 Å². The first kappa shape index (κ1) is 19.4. The van der Waals surface area contributed by atoms with E-state index in [1.54, 1.807) is 6.20 Å². The first-order valence-corrected chi connectivity index (χ1v) is 10.2. The topological polar surface area (TPSA) is 64.4 Å². The van der Waals surface area contributed by atoms with Gasteiger partial charge in [0.2, 0.25) is 11.8 Å². The molecule has 1 N–H and O–H groups in total. The fourth-order valence-electron chi connectivity index (χ4n) is 3.64. The van der Waals surface area contributed by atoms with E-state index in [-0.39, 0.29) is 17.9 Å². The average Bonchev–Trinajstić information content (AvgIpc) is 3.26. The second-order valence-corrected chi connectivity index (χ2v) is 7.74. The number of aromatic nitrogens is 1. The molecule has 0 bridgehead atoms. The van der Waals surface area contributed by atoms with Crippen LogP contribution < -0.4 is 5.32 Å². The van der Waals surface area contributed by atoms with Crippen LogP contribution in [0, 0.1) is 5.92 Å². The smallest absolute Gasteiger partial charge is 0.230 e. The zero-order valence-corrected chi connectivity index (χ0v) is 16.8. The van der Waals surface area contributed by atoms with Crippen LogP contribution in [0.3, 0.4) is 0 Å². The van der Waals surface area contributed by atoms with Crippen LogP contribution in [-0.2, 0) is 9.53 Å². The molecule has 0 spiro atoms. The van der Waals surface area contributed by atoms with Crippen molar-refractivity contribution < 1.29 is 13.9 Å². The van der Waals surface area contributed by atoms with Crippen LogP contribution in [0.1, 0.15) is 50.0 Å². The fourth-order valence-corrected chi connectivity index (χ4v) is 3.64. The van der Waals surface area contributed by atoms with E-state index in [4.69, 9.17) is 9.15 Å². The lowest BCUT2D eigenvalue weighted by Gasteiger charge is -2.31. The van der Waals surface area contributed by atoms with Gasteiger partial charge in [-0.1, -0.05) is 44.2 Å². The van der Waals surface area contributed by atoms with Gasteiger partial charge in [0.15, 0.2) is 0 Å². The highest BCUT2D eigenvalue weighted by Crippen LogP contribution is 2.34. The third kappa shape index (κ3) is 4.40. The van der Waals surface area contributed by atoms with Crippen LogP contribution >= 0.6 is 0 Å². The number of rotatable bonds is 5. The molecule has 1 aromatic heterocycles. The van der Waals surface area contributed by atoms with Gasteiger partial charge < -0.3 is 14.5 Å². The minimum Gasteiger partial charge on any atom is -0.441 e. The molecule has 2 heterocycles. The molecular weight excluding hydrogens is 364 g/mol. The fraction of sp³-hybridized carbons (Fsp3) is 0.333. The third-order valence-corrected chi connectivity index (χ3v) is 5.28. The van der Waals surface area contributed by atoms with Gasteiger partial charge in [-0.15, -0.1) is 0 Å². The number of hydrogen-bond donors (Lipinski definition) is 1. The van der Waals surface area contributed by atoms with E-state index in [0.29, 0.717) is 18.4 Å². The van der Waals surface area contributed by atoms with Crippen LogP contribution in [0.25, 0.3) is 11.5 Å². The molecular formula is C24H26N2O3. The largest absolute Gasteiger partial charge is 0.441 e. The van der Waals surface area contributed by atoms with Crippen LogP contribution in [0.5, 0.6) is 0 Å². The monoisotopic (exact) mass is 390 g/mol. The predicted octanol–water partition coefficient (Wildman–Crippen LogP) is 5.57. The number of oxazole rings is 1. The predicted molar refractivity (Wildman–Crippen MR) is 113 cm³/mol. The summed E-state index contributed by atoms with van der Waals surface area (Å²) in [5.41, 5.74) is 2.69. The Morgan fingerprint density at radius 2 is 1.86 bits per heavy atom. The van der Waals surface area contributed by atoms with Crippen molar-refractivity contribution in [3.05, 3.63) is 72.1 Å². The van der Waals surface area contributed by atoms with Gasteiger partial charge in [-0.3, -0.25) is 4.79 Å². The normalized spacial score (nSPS) is 19.3. The van der Waals surface area contributed by atoms with Gasteiger partial charge in [-0.2, -0.15) is 0 Å². The molecule has 4 rings (SSSR count). The minimum absolute atomic E-state index is 0.00970. The first-order valence-electron chi connectivity index (χ1n) is 10.2. The molecule has 0 saturated carbocycles. The summed E-state index contributed by atoms with van der Waals surface area (Å²) in [4.78, 5) is 17.3. The lowest BCUT2D eigenvalue weighted by Crippen LogP contribution is -2.33. The number of amides is 1. The van der Waals surface area contributed by atoms with E-state index in [1.165, 1.54) is 0 Å². The third-order valence-electron chi connectivity index (χ3n) is 5.28. The maximum absolute atomic E-state index is 13.0. The Bertz CT molecular complexity index is 948. The number of carbonyl (C=O) groups is 1. The molecule has 2 aromatic carbocycles. The lowest BCUT2D eigenvalue weighted by molar-refractivity contribution is -0.129. The van der Waals surface area contributed by atoms with Gasteiger partial charge in [-0.05, 0) is 42.7 Å². The molecule has 1 aliphatic rings. The van der Waals surface area contributed by atoms with Gasteiger partial charge in [0.05, 0.1) is 18.2 Å². The van der Waals surface area contributed by atoms with Crippen molar-refractivity contribution in [2.45, 2.75) is 38.7 Å². The van der Waals surface area contributed by atoms with Gasteiger partial charge >= 0.3 is 0 Å². The van der Waals surface area contributed by atoms with Crippen LogP contribution in [0.2, 0.25) is 0 Å². The number of nitrogens with one attached hydrogen (secondary N) is 1. The number of carbonyl (C=O) groups excluding carboxylic acids is 1. The summed E-state index contributed by atoms with van der Waals surface area (Å²) >= 11 is 0. The molecule has 3 aromatic rings. The maximum Gasteiger partial charge on any atom is 0.230 e. The van der Waals surface area contributed by atoms with E-state index in [9.17, 15) is 4.79 Å². The van der Waals surface area contributed by atoms with E-state index < -0.39 is 0 Å². The summed E-state index contributed by atoms with van der Waals surface area (Å²) in [6.07, 6.45) is 3.27. The number of anilines is 1. The highest BCUT2D eigenvalue weighted by Gasteiger charge is 2.33. The van der Waals surface area contributed by atoms with Crippen LogP contribution in [0.4, 0.5) is 5.69 Å². The molecule has 5 heteroatoms. The Morgan fingerprint density at radius 1 is 1.10 bits per heavy atom. The summed E-state index contributed by atoms with van der Waals surface area (Å²) in [6.45, 7) is 4.83. The number of benzene rings is 2. The van der Waals surface area contributed by atoms with Gasteiger partial charge in [0.25, 0.3) is 0 Å². The quantitative estimate of drug-likeness (QED) is 0.618. The zero-order valence-electron chi connectivity index (χ0n) is 16.8. The van der Waals surface area contributed by atoms with E-state index in [1.807, 2.05) is 54.6 Å². The molecule has 1 saturated heterocycles. The SMILES string of the molecule is CC(C)c1cnc(-c2ccc(NC(=O)C3CCCOC3c3ccccc3)cc2)o1. The highest BCUT2D eigenvalue weighted by molar-refractivity contribution is 5.93. The molecule has 2 atom stereocenters. The van der Waals surface area contributed by atoms with Crippen molar-refractivity contribution >= 4 is 11.6 Å². The summed E-state index contributed by atoms with van der Waals surface area (Å²) in [7, 11) is 0. The summed E-state index contributed by atoms with van der Waals surface area (Å²) in [6, 6.07) is 17.6. The standard InChI is InChI=1S/C24H26N2O3/c1-16(2)21-15-25-24(29-21)18-10-12-19(13-11-18)26-23(27)20-9-6-14-28-22(20)17-7-4-3-5-8-17/h3-5,7-8,10-13,15-16,20,22H,6,9,14H2,1-2H3,(H,26,27). The minimum atomic E-state index is -0.203. The summed E-state index contributed by atoms with van der Waals surface area (Å²) < 4.78 is 11.7. The summed E-state index contributed by atoms with van der Waals surface area (Å²) in [5.74, 6) is 1.54.